The first-order chi connectivity index (χ1) is 14.1. The van der Waals surface area contributed by atoms with Gasteiger partial charge in [0.2, 0.25) is 15.9 Å². The van der Waals surface area contributed by atoms with E-state index in [0.29, 0.717) is 31.0 Å². The van der Waals surface area contributed by atoms with Gasteiger partial charge in [-0.2, -0.15) is 4.31 Å². The molecule has 1 aliphatic heterocycles. The number of hydrogen-bond acceptors (Lipinski definition) is 6. The van der Waals surface area contributed by atoms with E-state index in [4.69, 9.17) is 9.15 Å². The van der Waals surface area contributed by atoms with E-state index >= 15 is 0 Å². The molecule has 1 fully saturated rings. The highest BCUT2D eigenvalue weighted by atomic mass is 32.2. The van der Waals surface area contributed by atoms with Crippen LogP contribution in [0.25, 0.3) is 0 Å². The van der Waals surface area contributed by atoms with E-state index in [2.05, 4.69) is 9.97 Å². The van der Waals surface area contributed by atoms with Gasteiger partial charge < -0.3 is 9.15 Å². The molecule has 1 atom stereocenters. The maximum atomic E-state index is 13.1. The zero-order chi connectivity index (χ0) is 20.3. The predicted octanol–water partition coefficient (Wildman–Crippen LogP) is 3.58. The second kappa shape index (κ2) is 8.34. The summed E-state index contributed by atoms with van der Waals surface area (Å²) >= 11 is 0. The number of oxazole rings is 1. The molecule has 0 radical (unpaired) electrons. The maximum Gasteiger partial charge on any atom is 0.245 e. The Hall–Kier alpha value is -2.71. The van der Waals surface area contributed by atoms with Crippen molar-refractivity contribution in [3.8, 4) is 5.75 Å². The summed E-state index contributed by atoms with van der Waals surface area (Å²) in [5.74, 6) is 1.91. The van der Waals surface area contributed by atoms with Gasteiger partial charge in [0.25, 0.3) is 0 Å². The van der Waals surface area contributed by atoms with Crippen molar-refractivity contribution in [2.24, 2.45) is 0 Å². The lowest BCUT2D eigenvalue weighted by Gasteiger charge is -2.32. The first kappa shape index (κ1) is 19.6. The minimum Gasteiger partial charge on any atom is -0.497 e. The summed E-state index contributed by atoms with van der Waals surface area (Å²) < 4.78 is 39.0. The molecular weight excluding hydrogens is 390 g/mol. The van der Waals surface area contributed by atoms with Crippen LogP contribution in [-0.2, 0) is 16.4 Å². The minimum atomic E-state index is -3.66. The molecule has 0 N–H and O–H groups in total. The molecule has 3 heterocycles. The standard InChI is InChI=1S/C21H23N3O4S/c1-27-17-7-4-6-16(12-17)13-18-14-23-21(28-18)20-9-2-3-11-24(20)29(25,26)19-8-5-10-22-15-19/h4-8,10,12,14-15,20H,2-3,9,11,13H2,1H3/t20-/m1/s1. The molecule has 3 aromatic rings. The maximum absolute atomic E-state index is 13.1. The van der Waals surface area contributed by atoms with Crippen molar-refractivity contribution in [2.45, 2.75) is 36.6 Å². The van der Waals surface area contributed by atoms with Gasteiger partial charge >= 0.3 is 0 Å². The minimum absolute atomic E-state index is 0.190. The molecule has 29 heavy (non-hydrogen) atoms. The highest BCUT2D eigenvalue weighted by Crippen LogP contribution is 2.35. The second-order valence-corrected chi connectivity index (χ2v) is 8.90. The third kappa shape index (κ3) is 4.18. The van der Waals surface area contributed by atoms with Crippen molar-refractivity contribution in [3.05, 3.63) is 72.2 Å². The number of rotatable bonds is 6. The molecule has 0 spiro atoms. The van der Waals surface area contributed by atoms with E-state index in [-0.39, 0.29) is 4.90 Å². The van der Waals surface area contributed by atoms with Crippen molar-refractivity contribution in [2.75, 3.05) is 13.7 Å². The van der Waals surface area contributed by atoms with Crippen LogP contribution in [0.4, 0.5) is 0 Å². The average Bonchev–Trinajstić information content (AvgIpc) is 3.23. The van der Waals surface area contributed by atoms with Crippen LogP contribution in [0.15, 0.2) is 64.3 Å². The van der Waals surface area contributed by atoms with Gasteiger partial charge in [-0.3, -0.25) is 4.98 Å². The predicted molar refractivity (Wildman–Crippen MR) is 107 cm³/mol. The van der Waals surface area contributed by atoms with Crippen LogP contribution in [0.1, 0.15) is 42.5 Å². The Balaban J connectivity index is 1.58. The second-order valence-electron chi connectivity index (χ2n) is 7.01. The zero-order valence-electron chi connectivity index (χ0n) is 16.2. The Morgan fingerprint density at radius 1 is 1.21 bits per heavy atom. The Labute approximate surface area is 170 Å². The summed E-state index contributed by atoms with van der Waals surface area (Å²) in [5, 5.41) is 0. The molecule has 1 aromatic carbocycles. The van der Waals surface area contributed by atoms with Gasteiger partial charge in [-0.05, 0) is 42.7 Å². The van der Waals surface area contributed by atoms with Gasteiger partial charge in [-0.1, -0.05) is 18.6 Å². The van der Waals surface area contributed by atoms with Gasteiger partial charge in [0.05, 0.1) is 13.3 Å². The quantitative estimate of drug-likeness (QED) is 0.614. The van der Waals surface area contributed by atoms with Gasteiger partial charge in [-0.25, -0.2) is 13.4 Å². The number of benzene rings is 1. The molecule has 0 amide bonds. The van der Waals surface area contributed by atoms with E-state index in [0.717, 1.165) is 24.2 Å². The summed E-state index contributed by atoms with van der Waals surface area (Å²) in [4.78, 5) is 8.56. The number of sulfonamides is 1. The van der Waals surface area contributed by atoms with Gasteiger partial charge in [0.1, 0.15) is 22.4 Å². The molecule has 7 nitrogen and oxygen atoms in total. The largest absolute Gasteiger partial charge is 0.497 e. The zero-order valence-corrected chi connectivity index (χ0v) is 17.0. The molecule has 0 bridgehead atoms. The molecule has 1 aliphatic rings. The van der Waals surface area contributed by atoms with E-state index in [9.17, 15) is 8.42 Å². The number of nitrogens with zero attached hydrogens (tertiary/aromatic N) is 3. The molecule has 2 aromatic heterocycles. The fourth-order valence-corrected chi connectivity index (χ4v) is 5.23. The summed E-state index contributed by atoms with van der Waals surface area (Å²) in [6.45, 7) is 0.440. The van der Waals surface area contributed by atoms with Crippen molar-refractivity contribution in [1.82, 2.24) is 14.3 Å². The van der Waals surface area contributed by atoms with Crippen molar-refractivity contribution in [3.63, 3.8) is 0 Å². The number of ether oxygens (including phenoxy) is 1. The average molecular weight is 413 g/mol. The molecule has 0 aliphatic carbocycles. The highest BCUT2D eigenvalue weighted by molar-refractivity contribution is 7.89. The summed E-state index contributed by atoms with van der Waals surface area (Å²) in [5.41, 5.74) is 1.04. The Morgan fingerprint density at radius 2 is 2.10 bits per heavy atom. The number of pyridine rings is 1. The third-order valence-corrected chi connectivity index (χ3v) is 6.96. The molecule has 152 valence electrons. The lowest BCUT2D eigenvalue weighted by Crippen LogP contribution is -2.38. The third-order valence-electron chi connectivity index (χ3n) is 5.06. The SMILES string of the molecule is COc1cccc(Cc2cnc([C@H]3CCCCN3S(=O)(=O)c3cccnc3)o2)c1. The summed E-state index contributed by atoms with van der Waals surface area (Å²) in [6.07, 6.45) is 7.60. The molecule has 0 unspecified atom stereocenters. The fraction of sp³-hybridized carbons (Fsp3) is 0.333. The normalized spacial score (nSPS) is 17.9. The molecule has 8 heteroatoms. The highest BCUT2D eigenvalue weighted by Gasteiger charge is 2.37. The number of piperidine rings is 1. The monoisotopic (exact) mass is 413 g/mol. The lowest BCUT2D eigenvalue weighted by molar-refractivity contribution is 0.216. The Morgan fingerprint density at radius 3 is 2.90 bits per heavy atom. The van der Waals surface area contributed by atoms with Crippen LogP contribution in [0.5, 0.6) is 5.75 Å². The van der Waals surface area contributed by atoms with Crippen LogP contribution >= 0.6 is 0 Å². The van der Waals surface area contributed by atoms with E-state index in [1.807, 2.05) is 24.3 Å². The molecular formula is C21H23N3O4S. The van der Waals surface area contributed by atoms with Crippen molar-refractivity contribution in [1.29, 1.82) is 0 Å². The lowest BCUT2D eigenvalue weighted by atomic mass is 10.1. The fourth-order valence-electron chi connectivity index (χ4n) is 3.62. The van der Waals surface area contributed by atoms with Gasteiger partial charge in [-0.15, -0.1) is 0 Å². The first-order valence-electron chi connectivity index (χ1n) is 9.57. The smallest absolute Gasteiger partial charge is 0.245 e. The number of aromatic nitrogens is 2. The van der Waals surface area contributed by atoms with Crippen LogP contribution in [0, 0.1) is 0 Å². The van der Waals surface area contributed by atoms with Crippen LogP contribution in [0.3, 0.4) is 0 Å². The van der Waals surface area contributed by atoms with E-state index < -0.39 is 16.1 Å². The first-order valence-corrected chi connectivity index (χ1v) is 11.0. The van der Waals surface area contributed by atoms with Gasteiger partial charge in [0.15, 0.2) is 0 Å². The summed E-state index contributed by atoms with van der Waals surface area (Å²) in [7, 11) is -2.03. The van der Waals surface area contributed by atoms with Crippen LogP contribution in [0.2, 0.25) is 0 Å². The van der Waals surface area contributed by atoms with E-state index in [1.54, 1.807) is 31.6 Å². The number of hydrogen-bond donors (Lipinski definition) is 0. The summed E-state index contributed by atoms with van der Waals surface area (Å²) in [6, 6.07) is 10.5. The van der Waals surface area contributed by atoms with E-state index in [1.165, 1.54) is 10.5 Å². The molecule has 0 saturated carbocycles. The molecule has 4 rings (SSSR count). The topological polar surface area (TPSA) is 85.5 Å². The van der Waals surface area contributed by atoms with Crippen molar-refractivity contribution >= 4 is 10.0 Å². The van der Waals surface area contributed by atoms with Crippen LogP contribution in [-0.4, -0.2) is 36.3 Å². The Bertz CT molecular complexity index is 1070. The van der Waals surface area contributed by atoms with Gasteiger partial charge in [0, 0.05) is 25.4 Å². The molecule has 1 saturated heterocycles. The van der Waals surface area contributed by atoms with Crippen molar-refractivity contribution < 1.29 is 17.6 Å². The Kier molecular flexibility index (Phi) is 5.64. The van der Waals surface area contributed by atoms with Crippen LogP contribution < -0.4 is 4.74 Å². The number of methoxy groups -OCH3 is 1.